The average Bonchev–Trinajstić information content (AvgIpc) is 1.95. The highest BCUT2D eigenvalue weighted by molar-refractivity contribution is 5.12. The van der Waals surface area contributed by atoms with Crippen LogP contribution in [0.2, 0.25) is 0 Å². The van der Waals surface area contributed by atoms with Crippen LogP contribution in [0.4, 0.5) is 0 Å². The van der Waals surface area contributed by atoms with Crippen LogP contribution >= 0.6 is 0 Å². The van der Waals surface area contributed by atoms with Gasteiger partial charge in [0, 0.05) is 5.54 Å². The molecule has 0 aliphatic heterocycles. The summed E-state index contributed by atoms with van der Waals surface area (Å²) < 4.78 is 0. The van der Waals surface area contributed by atoms with Crippen molar-refractivity contribution in [1.82, 2.24) is 0 Å². The van der Waals surface area contributed by atoms with Crippen molar-refractivity contribution in [2.24, 2.45) is 22.5 Å². The summed E-state index contributed by atoms with van der Waals surface area (Å²) in [5.41, 5.74) is 6.23. The van der Waals surface area contributed by atoms with Crippen molar-refractivity contribution in [3.05, 3.63) is 24.3 Å². The smallest absolute Gasteiger partial charge is 0.0284 e. The SMILES string of the molecule is CC(C)(N)C=CC=CC(C(C)(C)C)C(C)(C)C. The maximum Gasteiger partial charge on any atom is 0.0284 e. The summed E-state index contributed by atoms with van der Waals surface area (Å²) in [7, 11) is 0. The summed E-state index contributed by atoms with van der Waals surface area (Å²) in [5.74, 6) is 0.542. The van der Waals surface area contributed by atoms with E-state index in [0.717, 1.165) is 0 Å². The van der Waals surface area contributed by atoms with Crippen LogP contribution in [-0.4, -0.2) is 5.54 Å². The molecule has 0 bridgehead atoms. The molecule has 100 valence electrons. The van der Waals surface area contributed by atoms with Crippen molar-refractivity contribution in [1.29, 1.82) is 0 Å². The van der Waals surface area contributed by atoms with Crippen molar-refractivity contribution >= 4 is 0 Å². The van der Waals surface area contributed by atoms with Gasteiger partial charge in [0.25, 0.3) is 0 Å². The molecule has 0 spiro atoms. The Morgan fingerprint density at radius 2 is 1.18 bits per heavy atom. The summed E-state index contributed by atoms with van der Waals surface area (Å²) in [6, 6.07) is 0. The summed E-state index contributed by atoms with van der Waals surface area (Å²) in [6.07, 6.45) is 8.54. The highest BCUT2D eigenvalue weighted by Crippen LogP contribution is 2.40. The third kappa shape index (κ3) is 7.38. The molecule has 0 amide bonds. The van der Waals surface area contributed by atoms with E-state index in [4.69, 9.17) is 5.73 Å². The zero-order chi connectivity index (χ0) is 13.9. The fraction of sp³-hybridized carbons (Fsp3) is 0.750. The molecule has 0 aliphatic rings. The van der Waals surface area contributed by atoms with Gasteiger partial charge in [-0.15, -0.1) is 0 Å². The van der Waals surface area contributed by atoms with Crippen LogP contribution in [0.5, 0.6) is 0 Å². The molecule has 0 atom stereocenters. The van der Waals surface area contributed by atoms with Crippen molar-refractivity contribution in [2.75, 3.05) is 0 Å². The van der Waals surface area contributed by atoms with Crippen LogP contribution in [0, 0.1) is 16.7 Å². The van der Waals surface area contributed by atoms with Gasteiger partial charge in [-0.3, -0.25) is 0 Å². The monoisotopic (exact) mass is 237 g/mol. The molecule has 1 nitrogen and oxygen atoms in total. The Morgan fingerprint density at radius 3 is 1.47 bits per heavy atom. The van der Waals surface area contributed by atoms with E-state index >= 15 is 0 Å². The highest BCUT2D eigenvalue weighted by atomic mass is 14.7. The lowest BCUT2D eigenvalue weighted by atomic mass is 9.66. The first kappa shape index (κ1) is 16.4. The van der Waals surface area contributed by atoms with E-state index in [1.54, 1.807) is 0 Å². The average molecular weight is 237 g/mol. The molecule has 0 saturated carbocycles. The van der Waals surface area contributed by atoms with Crippen LogP contribution in [0.25, 0.3) is 0 Å². The molecule has 0 aromatic heterocycles. The molecule has 2 N–H and O–H groups in total. The quantitative estimate of drug-likeness (QED) is 0.716. The maximum atomic E-state index is 5.90. The first-order valence-corrected chi connectivity index (χ1v) is 6.49. The molecule has 0 radical (unpaired) electrons. The van der Waals surface area contributed by atoms with E-state index in [-0.39, 0.29) is 16.4 Å². The van der Waals surface area contributed by atoms with Gasteiger partial charge in [0.1, 0.15) is 0 Å². The molecule has 17 heavy (non-hydrogen) atoms. The third-order valence-electron chi connectivity index (χ3n) is 2.81. The van der Waals surface area contributed by atoms with E-state index in [1.807, 2.05) is 19.9 Å². The van der Waals surface area contributed by atoms with E-state index in [1.165, 1.54) is 0 Å². The van der Waals surface area contributed by atoms with Crippen LogP contribution in [0.15, 0.2) is 24.3 Å². The molecule has 1 heteroatoms. The van der Waals surface area contributed by atoms with Crippen LogP contribution in [0.1, 0.15) is 55.4 Å². The molecular weight excluding hydrogens is 206 g/mol. The lowest BCUT2D eigenvalue weighted by Gasteiger charge is -2.38. The van der Waals surface area contributed by atoms with E-state index in [9.17, 15) is 0 Å². The van der Waals surface area contributed by atoms with E-state index in [2.05, 4.69) is 59.8 Å². The second-order valence-corrected chi connectivity index (χ2v) is 7.78. The summed E-state index contributed by atoms with van der Waals surface area (Å²) in [6.45, 7) is 17.8. The highest BCUT2D eigenvalue weighted by Gasteiger charge is 2.32. The topological polar surface area (TPSA) is 26.0 Å². The standard InChI is InChI=1S/C16H31N/c1-14(2,3)13(15(4,5)6)11-9-10-12-16(7,8)17/h9-13H,17H2,1-8H3. The molecule has 0 aliphatic carbocycles. The van der Waals surface area contributed by atoms with Crippen molar-refractivity contribution in [2.45, 2.75) is 60.9 Å². The van der Waals surface area contributed by atoms with Crippen LogP contribution < -0.4 is 5.73 Å². The minimum absolute atomic E-state index is 0.233. The normalized spacial score (nSPS) is 15.4. The molecular formula is C16H31N. The number of allylic oxidation sites excluding steroid dienone is 3. The largest absolute Gasteiger partial charge is 0.322 e. The van der Waals surface area contributed by atoms with Gasteiger partial charge < -0.3 is 5.73 Å². The van der Waals surface area contributed by atoms with Gasteiger partial charge in [-0.1, -0.05) is 65.8 Å². The molecule has 0 aromatic rings. The predicted molar refractivity (Wildman–Crippen MR) is 78.9 cm³/mol. The van der Waals surface area contributed by atoms with E-state index in [0.29, 0.717) is 5.92 Å². The minimum atomic E-state index is -0.233. The van der Waals surface area contributed by atoms with Crippen molar-refractivity contribution in [3.8, 4) is 0 Å². The zero-order valence-electron chi connectivity index (χ0n) is 13.0. The first-order valence-electron chi connectivity index (χ1n) is 6.49. The van der Waals surface area contributed by atoms with Gasteiger partial charge in [-0.25, -0.2) is 0 Å². The lowest BCUT2D eigenvalue weighted by Crippen LogP contribution is -2.30. The Bertz CT molecular complexity index is 262. The van der Waals surface area contributed by atoms with Crippen LogP contribution in [0.3, 0.4) is 0 Å². The Balaban J connectivity index is 4.81. The summed E-state index contributed by atoms with van der Waals surface area (Å²) in [5, 5.41) is 0. The Morgan fingerprint density at radius 1 is 0.765 bits per heavy atom. The van der Waals surface area contributed by atoms with Crippen LogP contribution in [-0.2, 0) is 0 Å². The first-order chi connectivity index (χ1) is 7.34. The lowest BCUT2D eigenvalue weighted by molar-refractivity contribution is 0.148. The molecule has 0 heterocycles. The van der Waals surface area contributed by atoms with Gasteiger partial charge in [0.05, 0.1) is 0 Å². The molecule has 0 fully saturated rings. The Labute approximate surface area is 108 Å². The Hall–Kier alpha value is -0.560. The van der Waals surface area contributed by atoms with Gasteiger partial charge in [-0.05, 0) is 30.6 Å². The second kappa shape index (κ2) is 5.39. The van der Waals surface area contributed by atoms with Gasteiger partial charge >= 0.3 is 0 Å². The fourth-order valence-electron chi connectivity index (χ4n) is 2.36. The molecule has 0 aromatic carbocycles. The number of nitrogens with two attached hydrogens (primary N) is 1. The third-order valence-corrected chi connectivity index (χ3v) is 2.81. The van der Waals surface area contributed by atoms with Gasteiger partial charge in [0.2, 0.25) is 0 Å². The Kier molecular flexibility index (Phi) is 5.21. The number of hydrogen-bond acceptors (Lipinski definition) is 1. The van der Waals surface area contributed by atoms with Crippen molar-refractivity contribution < 1.29 is 0 Å². The summed E-state index contributed by atoms with van der Waals surface area (Å²) in [4.78, 5) is 0. The minimum Gasteiger partial charge on any atom is -0.322 e. The van der Waals surface area contributed by atoms with Crippen molar-refractivity contribution in [3.63, 3.8) is 0 Å². The summed E-state index contributed by atoms with van der Waals surface area (Å²) >= 11 is 0. The number of rotatable bonds is 3. The van der Waals surface area contributed by atoms with E-state index < -0.39 is 0 Å². The molecule has 0 rings (SSSR count). The van der Waals surface area contributed by atoms with Gasteiger partial charge in [-0.2, -0.15) is 0 Å². The van der Waals surface area contributed by atoms with Gasteiger partial charge in [0.15, 0.2) is 0 Å². The number of hydrogen-bond donors (Lipinski definition) is 1. The molecule has 0 unspecified atom stereocenters. The second-order valence-electron chi connectivity index (χ2n) is 7.78. The fourth-order valence-corrected chi connectivity index (χ4v) is 2.36. The maximum absolute atomic E-state index is 5.90. The zero-order valence-corrected chi connectivity index (χ0v) is 13.0. The predicted octanol–water partition coefficient (Wildman–Crippen LogP) is 4.54. The molecule has 0 saturated heterocycles.